The summed E-state index contributed by atoms with van der Waals surface area (Å²) in [6.45, 7) is 0.532. The molecular formula is C9H9N3O3. The largest absolute Gasteiger partial charge is 0.329 e. The Labute approximate surface area is 86.0 Å². The van der Waals surface area contributed by atoms with Gasteiger partial charge < -0.3 is 10.2 Å². The molecule has 1 unspecified atom stereocenters. The summed E-state index contributed by atoms with van der Waals surface area (Å²) in [7, 11) is 0. The smallest absolute Gasteiger partial charge is 0.322 e. The van der Waals surface area contributed by atoms with Crippen molar-refractivity contribution < 1.29 is 14.4 Å². The number of terminal acetylenes is 1. The summed E-state index contributed by atoms with van der Waals surface area (Å²) < 4.78 is 0. The van der Waals surface area contributed by atoms with Gasteiger partial charge in [-0.05, 0) is 12.3 Å². The van der Waals surface area contributed by atoms with Crippen LogP contribution in [0.1, 0.15) is 6.42 Å². The molecule has 6 nitrogen and oxygen atoms in total. The summed E-state index contributed by atoms with van der Waals surface area (Å²) in [5.74, 6) is 1.14. The van der Waals surface area contributed by atoms with Crippen LogP contribution in [0.3, 0.4) is 0 Å². The highest BCUT2D eigenvalue weighted by atomic mass is 16.2. The highest BCUT2D eigenvalue weighted by Gasteiger charge is 2.51. The molecular weight excluding hydrogens is 198 g/mol. The third-order valence-electron chi connectivity index (χ3n) is 2.69. The third-order valence-corrected chi connectivity index (χ3v) is 2.69. The number of nitrogens with one attached hydrogen (secondary N) is 2. The predicted octanol–water partition coefficient (Wildman–Crippen LogP) is -1.57. The first-order chi connectivity index (χ1) is 7.07. The van der Waals surface area contributed by atoms with Gasteiger partial charge in [-0.1, -0.05) is 0 Å². The molecule has 2 N–H and O–H groups in total. The van der Waals surface area contributed by atoms with Crippen LogP contribution in [0.4, 0.5) is 4.79 Å². The van der Waals surface area contributed by atoms with E-state index in [0.29, 0.717) is 13.0 Å². The number of hydrogen-bond acceptors (Lipinski definition) is 3. The van der Waals surface area contributed by atoms with Crippen molar-refractivity contribution in [2.75, 3.05) is 13.1 Å². The standard InChI is InChI=1S/C9H9N3O3/c1-2-6(13)12-4-3-9(5-12)7(14)10-8(15)11-9/h1H,3-5H2,(H2,10,11,14,15). The fraction of sp³-hybridized carbons (Fsp3) is 0.444. The number of likely N-dealkylation sites (tertiary alicyclic amines) is 1. The molecule has 4 amide bonds. The first-order valence-corrected chi connectivity index (χ1v) is 4.46. The van der Waals surface area contributed by atoms with E-state index in [1.165, 1.54) is 4.90 Å². The van der Waals surface area contributed by atoms with E-state index < -0.39 is 17.5 Å². The van der Waals surface area contributed by atoms with Crippen molar-refractivity contribution in [3.63, 3.8) is 0 Å². The quantitative estimate of drug-likeness (QED) is 0.372. The summed E-state index contributed by atoms with van der Waals surface area (Å²) in [6.07, 6.45) is 5.37. The van der Waals surface area contributed by atoms with Gasteiger partial charge in [0.25, 0.3) is 11.8 Å². The molecule has 0 aromatic rings. The van der Waals surface area contributed by atoms with Crippen LogP contribution in [-0.2, 0) is 9.59 Å². The first kappa shape index (κ1) is 9.52. The molecule has 0 aromatic heterocycles. The molecule has 0 bridgehead atoms. The van der Waals surface area contributed by atoms with Crippen molar-refractivity contribution >= 4 is 17.8 Å². The fourth-order valence-corrected chi connectivity index (χ4v) is 1.89. The SMILES string of the molecule is C#CC(=O)N1CCC2(C1)NC(=O)NC2=O. The number of hydrogen-bond donors (Lipinski definition) is 2. The van der Waals surface area contributed by atoms with Crippen LogP contribution in [-0.4, -0.2) is 41.4 Å². The molecule has 1 atom stereocenters. The number of carbonyl (C=O) groups is 3. The molecule has 2 aliphatic heterocycles. The van der Waals surface area contributed by atoms with Gasteiger partial charge in [0, 0.05) is 6.54 Å². The van der Waals surface area contributed by atoms with Crippen molar-refractivity contribution in [3.05, 3.63) is 0 Å². The average Bonchev–Trinajstić information content (AvgIpc) is 2.72. The maximum atomic E-state index is 11.5. The predicted molar refractivity (Wildman–Crippen MR) is 49.4 cm³/mol. The van der Waals surface area contributed by atoms with E-state index in [1.807, 2.05) is 5.92 Å². The Kier molecular flexibility index (Phi) is 1.89. The Morgan fingerprint density at radius 1 is 1.53 bits per heavy atom. The first-order valence-electron chi connectivity index (χ1n) is 4.46. The van der Waals surface area contributed by atoms with Crippen molar-refractivity contribution in [1.29, 1.82) is 0 Å². The molecule has 2 heterocycles. The van der Waals surface area contributed by atoms with Crippen LogP contribution in [0.2, 0.25) is 0 Å². The number of amides is 4. The van der Waals surface area contributed by atoms with Gasteiger partial charge >= 0.3 is 6.03 Å². The van der Waals surface area contributed by atoms with Gasteiger partial charge in [0.2, 0.25) is 0 Å². The molecule has 0 saturated carbocycles. The molecule has 1 spiro atoms. The lowest BCUT2D eigenvalue weighted by Crippen LogP contribution is -2.49. The molecule has 15 heavy (non-hydrogen) atoms. The Morgan fingerprint density at radius 2 is 2.27 bits per heavy atom. The fourth-order valence-electron chi connectivity index (χ4n) is 1.89. The second-order valence-corrected chi connectivity index (χ2v) is 3.61. The maximum absolute atomic E-state index is 11.5. The zero-order valence-corrected chi connectivity index (χ0v) is 7.87. The minimum absolute atomic E-state index is 0.146. The van der Waals surface area contributed by atoms with Crippen molar-refractivity contribution in [2.45, 2.75) is 12.0 Å². The lowest BCUT2D eigenvalue weighted by atomic mass is 10.00. The average molecular weight is 207 g/mol. The molecule has 78 valence electrons. The summed E-state index contributed by atoms with van der Waals surface area (Å²) in [6, 6.07) is -0.519. The Morgan fingerprint density at radius 3 is 2.80 bits per heavy atom. The second-order valence-electron chi connectivity index (χ2n) is 3.61. The van der Waals surface area contributed by atoms with Gasteiger partial charge in [-0.2, -0.15) is 0 Å². The van der Waals surface area contributed by atoms with Gasteiger partial charge in [0.05, 0.1) is 6.54 Å². The molecule has 2 rings (SSSR count). The van der Waals surface area contributed by atoms with Crippen molar-refractivity contribution in [1.82, 2.24) is 15.5 Å². The summed E-state index contributed by atoms with van der Waals surface area (Å²) in [5.41, 5.74) is -0.969. The van der Waals surface area contributed by atoms with E-state index in [1.54, 1.807) is 0 Å². The third kappa shape index (κ3) is 1.32. The lowest BCUT2D eigenvalue weighted by Gasteiger charge is -2.19. The Hall–Kier alpha value is -2.03. The summed E-state index contributed by atoms with van der Waals surface area (Å²) >= 11 is 0. The van der Waals surface area contributed by atoms with Gasteiger partial charge in [-0.25, -0.2) is 4.79 Å². The highest BCUT2D eigenvalue weighted by molar-refractivity contribution is 6.08. The second kappa shape index (κ2) is 2.98. The maximum Gasteiger partial charge on any atom is 0.322 e. The number of rotatable bonds is 0. The minimum Gasteiger partial charge on any atom is -0.329 e. The number of imide groups is 1. The zero-order valence-electron chi connectivity index (χ0n) is 7.87. The molecule has 0 aliphatic carbocycles. The molecule has 6 heteroatoms. The Bertz CT molecular complexity index is 398. The molecule has 2 aliphatic rings. The topological polar surface area (TPSA) is 78.5 Å². The lowest BCUT2D eigenvalue weighted by molar-refractivity contribution is -0.125. The van der Waals surface area contributed by atoms with Crippen LogP contribution < -0.4 is 10.6 Å². The molecule has 0 radical (unpaired) electrons. The van der Waals surface area contributed by atoms with Crippen LogP contribution in [0.15, 0.2) is 0 Å². The normalized spacial score (nSPS) is 28.9. The van der Waals surface area contributed by atoms with E-state index in [0.717, 1.165) is 0 Å². The van der Waals surface area contributed by atoms with Crippen LogP contribution >= 0.6 is 0 Å². The van der Waals surface area contributed by atoms with Gasteiger partial charge in [0.15, 0.2) is 0 Å². The van der Waals surface area contributed by atoms with E-state index in [4.69, 9.17) is 6.42 Å². The molecule has 2 saturated heterocycles. The number of carbonyl (C=O) groups excluding carboxylic acids is 3. The van der Waals surface area contributed by atoms with Gasteiger partial charge in [-0.15, -0.1) is 6.42 Å². The van der Waals surface area contributed by atoms with Gasteiger partial charge in [-0.3, -0.25) is 14.9 Å². The van der Waals surface area contributed by atoms with Crippen molar-refractivity contribution in [2.24, 2.45) is 0 Å². The van der Waals surface area contributed by atoms with E-state index >= 15 is 0 Å². The Balaban J connectivity index is 2.16. The van der Waals surface area contributed by atoms with Crippen LogP contribution in [0.25, 0.3) is 0 Å². The zero-order chi connectivity index (χ0) is 11.1. The summed E-state index contributed by atoms with van der Waals surface area (Å²) in [5, 5.41) is 4.67. The molecule has 2 fully saturated rings. The minimum atomic E-state index is -0.969. The number of nitrogens with zero attached hydrogens (tertiary/aromatic N) is 1. The van der Waals surface area contributed by atoms with E-state index in [-0.39, 0.29) is 12.5 Å². The monoisotopic (exact) mass is 207 g/mol. The van der Waals surface area contributed by atoms with Crippen LogP contribution in [0, 0.1) is 12.3 Å². The summed E-state index contributed by atoms with van der Waals surface area (Å²) in [4.78, 5) is 35.0. The highest BCUT2D eigenvalue weighted by Crippen LogP contribution is 2.24. The van der Waals surface area contributed by atoms with Gasteiger partial charge in [0.1, 0.15) is 5.54 Å². The molecule has 0 aromatic carbocycles. The number of urea groups is 1. The van der Waals surface area contributed by atoms with E-state index in [9.17, 15) is 14.4 Å². The van der Waals surface area contributed by atoms with Crippen molar-refractivity contribution in [3.8, 4) is 12.3 Å². The van der Waals surface area contributed by atoms with E-state index in [2.05, 4.69) is 10.6 Å². The van der Waals surface area contributed by atoms with Crippen LogP contribution in [0.5, 0.6) is 0 Å².